The molecule has 1 aliphatic carbocycles. The first kappa shape index (κ1) is 17.8. The lowest BCUT2D eigenvalue weighted by Crippen LogP contribution is -2.53. The van der Waals surface area contributed by atoms with E-state index in [1.54, 1.807) is 6.92 Å². The molecule has 0 radical (unpaired) electrons. The number of benzene rings is 1. The van der Waals surface area contributed by atoms with Crippen molar-refractivity contribution in [3.05, 3.63) is 35.3 Å². The van der Waals surface area contributed by atoms with Crippen LogP contribution in [0.15, 0.2) is 18.2 Å². The Morgan fingerprint density at radius 2 is 2.06 bits per heavy atom. The number of alkyl halides is 2. The highest BCUT2D eigenvalue weighted by atomic mass is 32.2. The number of fused-ring (bicyclic) bond motifs is 1. The van der Waals surface area contributed by atoms with Crippen LogP contribution in [-0.2, 0) is 27.5 Å². The van der Waals surface area contributed by atoms with Gasteiger partial charge in [-0.15, -0.1) is 0 Å². The molecule has 1 aromatic heterocycles. The molecular weight excluding hydrogens is 483 g/mol. The van der Waals surface area contributed by atoms with Crippen LogP contribution in [0.25, 0.3) is 11.3 Å². The van der Waals surface area contributed by atoms with Gasteiger partial charge in [-0.2, -0.15) is 13.9 Å². The molecule has 1 fully saturated rings. The van der Waals surface area contributed by atoms with Crippen molar-refractivity contribution in [2.24, 2.45) is 5.92 Å². The smallest absolute Gasteiger partial charge is 0.387 e. The van der Waals surface area contributed by atoms with Crippen LogP contribution in [0.4, 0.5) is 13.2 Å². The van der Waals surface area contributed by atoms with Gasteiger partial charge >= 0.3 is 6.61 Å². The summed E-state index contributed by atoms with van der Waals surface area (Å²) in [4.78, 5) is 13.4. The lowest BCUT2D eigenvalue weighted by Gasteiger charge is -2.36. The largest absolute Gasteiger partial charge is 0.435 e. The summed E-state index contributed by atoms with van der Waals surface area (Å²) >= 11 is 0. The van der Waals surface area contributed by atoms with Gasteiger partial charge in [0.05, 0.1) is 18.6 Å². The maximum Gasteiger partial charge on any atom is 0.387 e. The number of amides is 1. The van der Waals surface area contributed by atoms with Crippen molar-refractivity contribution in [1.82, 2.24) is 15.1 Å². The molecule has 2 aliphatic rings. The maximum absolute atomic E-state index is 15.0. The fourth-order valence-corrected chi connectivity index (χ4v) is 6.34. The van der Waals surface area contributed by atoms with Crippen LogP contribution >= 0.6 is 0 Å². The molecule has 11 heteroatoms. The average molecular weight is 521 g/mol. The van der Waals surface area contributed by atoms with E-state index in [-0.39, 0.29) is 66.1 Å². The Kier molecular flexibility index (Phi) is 4.82. The van der Waals surface area contributed by atoms with Crippen molar-refractivity contribution >= 4 is 15.7 Å². The number of hydrogen-bond acceptors (Lipinski definition) is 5. The monoisotopic (exact) mass is 520 g/mol. The summed E-state index contributed by atoms with van der Waals surface area (Å²) in [6, 6.07) is -0.644. The van der Waals surface area contributed by atoms with Gasteiger partial charge in [-0.25, -0.2) is 12.8 Å². The molecule has 192 valence electrons. The molecule has 0 bridgehead atoms. The van der Waals surface area contributed by atoms with Crippen LogP contribution in [0, 0.1) is 11.7 Å². The van der Waals surface area contributed by atoms with Crippen LogP contribution in [-0.4, -0.2) is 47.8 Å². The van der Waals surface area contributed by atoms with E-state index >= 15 is 4.39 Å². The van der Waals surface area contributed by atoms with Gasteiger partial charge in [0.2, 0.25) is 5.91 Å². The minimum atomic E-state index is -3.47. The predicted octanol–water partition coefficient (Wildman–Crippen LogP) is 4.06. The van der Waals surface area contributed by atoms with Gasteiger partial charge in [-0.05, 0) is 64.5 Å². The molecule has 0 unspecified atom stereocenters. The van der Waals surface area contributed by atoms with Crippen LogP contribution in [0.2, 0.25) is 0 Å². The molecule has 35 heavy (non-hydrogen) atoms. The number of rotatable bonds is 6. The predicted molar refractivity (Wildman–Crippen MR) is 125 cm³/mol. The molecule has 1 amide bonds. The van der Waals surface area contributed by atoms with E-state index in [0.29, 0.717) is 4.68 Å². The highest BCUT2D eigenvalue weighted by Gasteiger charge is 2.38. The zero-order valence-electron chi connectivity index (χ0n) is 25.9. The Morgan fingerprint density at radius 1 is 1.34 bits per heavy atom. The van der Waals surface area contributed by atoms with E-state index in [4.69, 9.17) is 9.60 Å². The average Bonchev–Trinajstić information content (AvgIpc) is 3.24. The number of halogens is 3. The second-order valence-electron chi connectivity index (χ2n) is 9.20. The first-order chi connectivity index (χ1) is 19.2. The molecule has 7 nitrogen and oxygen atoms in total. The Balaban J connectivity index is 1.80. The molecule has 4 rings (SSSR count). The van der Waals surface area contributed by atoms with Gasteiger partial charge in [0, 0.05) is 48.9 Å². The quantitative estimate of drug-likeness (QED) is 0.621. The lowest BCUT2D eigenvalue weighted by molar-refractivity contribution is -0.127. The van der Waals surface area contributed by atoms with E-state index in [9.17, 15) is 22.0 Å². The SMILES string of the molecule is [2H]C([2H])([2H])C([2H])(n1nc(-c2cc(OC(F)F)ccc2F)c2c1C[C@H](C(=O)NC1(C)CCS(=O)(=O)CC1)CC2)C([2H])([2H])[2H]. The molecule has 0 spiro atoms. The van der Waals surface area contributed by atoms with Crippen LogP contribution in [0.5, 0.6) is 5.75 Å². The number of sulfone groups is 1. The molecule has 1 aromatic carbocycles. The van der Waals surface area contributed by atoms with E-state index in [1.807, 2.05) is 0 Å². The van der Waals surface area contributed by atoms with E-state index < -0.39 is 65.1 Å². The fraction of sp³-hybridized carbons (Fsp3) is 0.583. The zero-order chi connectivity index (χ0) is 31.5. The molecule has 2 aromatic rings. The van der Waals surface area contributed by atoms with Crippen molar-refractivity contribution in [2.45, 2.75) is 70.9 Å². The Morgan fingerprint density at radius 3 is 2.71 bits per heavy atom. The molecule has 1 aliphatic heterocycles. The third-order valence-corrected chi connectivity index (χ3v) is 8.28. The molecule has 1 N–H and O–H groups in total. The third kappa shape index (κ3) is 5.49. The Bertz CT molecular complexity index is 1450. The Hall–Kier alpha value is -2.56. The van der Waals surface area contributed by atoms with Gasteiger partial charge < -0.3 is 10.1 Å². The van der Waals surface area contributed by atoms with Crippen LogP contribution in [0.3, 0.4) is 0 Å². The van der Waals surface area contributed by atoms with E-state index in [0.717, 1.165) is 18.2 Å². The number of aromatic nitrogens is 2. The zero-order valence-corrected chi connectivity index (χ0v) is 19.7. The van der Waals surface area contributed by atoms with Gasteiger partial charge in [0.25, 0.3) is 0 Å². The summed E-state index contributed by atoms with van der Waals surface area (Å²) in [5.74, 6) is -2.90. The summed E-state index contributed by atoms with van der Waals surface area (Å²) in [5.41, 5.74) is -1.36. The topological polar surface area (TPSA) is 90.3 Å². The lowest BCUT2D eigenvalue weighted by atomic mass is 9.84. The van der Waals surface area contributed by atoms with Crippen molar-refractivity contribution in [1.29, 1.82) is 0 Å². The molecule has 0 saturated carbocycles. The summed E-state index contributed by atoms with van der Waals surface area (Å²) in [6.45, 7) is -8.45. The maximum atomic E-state index is 15.0. The molecule has 1 saturated heterocycles. The second-order valence-corrected chi connectivity index (χ2v) is 11.5. The van der Waals surface area contributed by atoms with Gasteiger partial charge in [0.15, 0.2) is 0 Å². The summed E-state index contributed by atoms with van der Waals surface area (Å²) in [5, 5.41) is 6.99. The number of hydrogen-bond donors (Lipinski definition) is 1. The van der Waals surface area contributed by atoms with Crippen molar-refractivity contribution in [2.75, 3.05) is 11.5 Å². The highest BCUT2D eigenvalue weighted by molar-refractivity contribution is 7.91. The normalized spacial score (nSPS) is 25.1. The van der Waals surface area contributed by atoms with Gasteiger partial charge in [-0.1, -0.05) is 0 Å². The van der Waals surface area contributed by atoms with Crippen LogP contribution < -0.4 is 10.1 Å². The summed E-state index contributed by atoms with van der Waals surface area (Å²) in [6.07, 6.45) is 0.249. The van der Waals surface area contributed by atoms with Crippen molar-refractivity contribution in [3.63, 3.8) is 0 Å². The summed E-state index contributed by atoms with van der Waals surface area (Å²) in [7, 11) is -3.21. The van der Waals surface area contributed by atoms with Crippen molar-refractivity contribution < 1.29 is 40.7 Å². The standard InChI is InChI=1S/C24H30F3N3O4S/c1-14(2)30-20-12-15(22(31)28-24(3)8-10-35(32,33)11-9-24)4-6-17(20)21(29-30)18-13-16(34-23(26)27)5-7-19(18)25/h5,7,13-15,23H,4,6,8-12H2,1-3H3,(H,28,31)/t15-/m1/s1/i1D3,2D3,14D. The number of ether oxygens (including phenoxy) is 1. The van der Waals surface area contributed by atoms with Gasteiger partial charge in [0.1, 0.15) is 21.4 Å². The third-order valence-electron chi connectivity index (χ3n) is 6.63. The Labute approximate surface area is 212 Å². The minimum absolute atomic E-state index is 0.00863. The number of nitrogens with one attached hydrogen (secondary N) is 1. The molecule has 1 atom stereocenters. The fourth-order valence-electron chi connectivity index (χ4n) is 4.61. The van der Waals surface area contributed by atoms with Gasteiger partial charge in [-0.3, -0.25) is 9.48 Å². The second kappa shape index (κ2) is 9.48. The first-order valence-electron chi connectivity index (χ1n) is 14.6. The number of nitrogens with zero attached hydrogens (tertiary/aromatic N) is 2. The first-order valence-corrected chi connectivity index (χ1v) is 12.9. The number of carbonyl (C=O) groups is 1. The molecule has 2 heterocycles. The summed E-state index contributed by atoms with van der Waals surface area (Å²) < 4.78 is 126. The minimum Gasteiger partial charge on any atom is -0.435 e. The number of carbonyl (C=O) groups excluding carboxylic acids is 1. The molecular formula is C24H30F3N3O4S. The van der Waals surface area contributed by atoms with E-state index in [1.165, 1.54) is 0 Å². The highest BCUT2D eigenvalue weighted by Crippen LogP contribution is 2.37. The van der Waals surface area contributed by atoms with Crippen molar-refractivity contribution in [3.8, 4) is 17.0 Å². The van der Waals surface area contributed by atoms with E-state index in [2.05, 4.69) is 15.2 Å². The van der Waals surface area contributed by atoms with Crippen LogP contribution in [0.1, 0.15) is 66.8 Å².